The quantitative estimate of drug-likeness (QED) is 0.666. The maximum Gasteiger partial charge on any atom is 0.0948 e. The van der Waals surface area contributed by atoms with Crippen molar-refractivity contribution in [2.45, 2.75) is 68.9 Å². The van der Waals surface area contributed by atoms with E-state index < -0.39 is 0 Å². The van der Waals surface area contributed by atoms with Gasteiger partial charge in [-0.3, -0.25) is 0 Å². The summed E-state index contributed by atoms with van der Waals surface area (Å²) in [6.45, 7) is 12.4. The summed E-state index contributed by atoms with van der Waals surface area (Å²) in [5, 5.41) is 0. The van der Waals surface area contributed by atoms with Gasteiger partial charge in [-0.2, -0.15) is 0 Å². The zero-order chi connectivity index (χ0) is 10.7. The third-order valence-corrected chi connectivity index (χ3v) is 1.62. The van der Waals surface area contributed by atoms with Crippen molar-refractivity contribution in [2.24, 2.45) is 0 Å². The average Bonchev–Trinajstić information content (AvgIpc) is 2.76. The van der Waals surface area contributed by atoms with Crippen molar-refractivity contribution >= 4 is 0 Å². The highest BCUT2D eigenvalue weighted by Crippen LogP contribution is 2.06. The summed E-state index contributed by atoms with van der Waals surface area (Å²) in [5.74, 6) is 0. The summed E-state index contributed by atoms with van der Waals surface area (Å²) >= 11 is 0. The molecule has 0 aromatic carbocycles. The first kappa shape index (κ1) is 23.8. The van der Waals surface area contributed by atoms with E-state index in [1.807, 2.05) is 46.4 Å². The molecule has 0 saturated carbocycles. The summed E-state index contributed by atoms with van der Waals surface area (Å²) in [4.78, 5) is 3.95. The second-order valence-electron chi connectivity index (χ2n) is 2.27. The Morgan fingerprint density at radius 2 is 1.60 bits per heavy atom. The first-order valence-corrected chi connectivity index (χ1v) is 5.32. The van der Waals surface area contributed by atoms with Crippen molar-refractivity contribution in [3.05, 3.63) is 18.7 Å². The van der Waals surface area contributed by atoms with E-state index in [1.54, 1.807) is 0 Å². The number of nitrogens with zero attached hydrogens (tertiary/aromatic N) is 2. The standard InChI is InChI=1S/C7H12N2.2C2H6.2CH4/c1-3-7(2)9-5-4-8-6-9;2*1-2;;/h4-7H,3H2,1-2H3;2*1-2H3;2*1H4. The van der Waals surface area contributed by atoms with Crippen molar-refractivity contribution in [1.82, 2.24) is 9.55 Å². The molecule has 2 nitrogen and oxygen atoms in total. The van der Waals surface area contributed by atoms with E-state index in [2.05, 4.69) is 23.4 Å². The molecule has 2 heteroatoms. The topological polar surface area (TPSA) is 17.8 Å². The fraction of sp³-hybridized carbons (Fsp3) is 0.769. The van der Waals surface area contributed by atoms with Crippen molar-refractivity contribution in [2.75, 3.05) is 0 Å². The molecule has 0 N–H and O–H groups in total. The smallest absolute Gasteiger partial charge is 0.0948 e. The molecule has 15 heavy (non-hydrogen) atoms. The van der Waals surface area contributed by atoms with Crippen LogP contribution in [0.25, 0.3) is 0 Å². The second kappa shape index (κ2) is 18.9. The molecular formula is C13H32N2. The summed E-state index contributed by atoms with van der Waals surface area (Å²) in [5.41, 5.74) is 0. The maximum absolute atomic E-state index is 3.95. The van der Waals surface area contributed by atoms with Crippen molar-refractivity contribution in [1.29, 1.82) is 0 Å². The molecular weight excluding hydrogens is 184 g/mol. The molecule has 94 valence electrons. The number of rotatable bonds is 2. The zero-order valence-corrected chi connectivity index (χ0v) is 9.91. The Hall–Kier alpha value is -0.790. The van der Waals surface area contributed by atoms with Crippen LogP contribution in [0.15, 0.2) is 18.7 Å². The largest absolute Gasteiger partial charge is 0.335 e. The van der Waals surface area contributed by atoms with Gasteiger partial charge in [0, 0.05) is 18.4 Å². The van der Waals surface area contributed by atoms with Gasteiger partial charge in [0.1, 0.15) is 0 Å². The molecule has 0 fully saturated rings. The van der Waals surface area contributed by atoms with Crippen LogP contribution in [0.5, 0.6) is 0 Å². The molecule has 0 aliphatic carbocycles. The number of aromatic nitrogens is 2. The Bertz CT molecular complexity index is 157. The third-order valence-electron chi connectivity index (χ3n) is 1.62. The summed E-state index contributed by atoms with van der Waals surface area (Å²) in [6.07, 6.45) is 6.82. The lowest BCUT2D eigenvalue weighted by molar-refractivity contribution is 0.530. The average molecular weight is 216 g/mol. The minimum atomic E-state index is 0. The molecule has 0 bridgehead atoms. The van der Waals surface area contributed by atoms with E-state index >= 15 is 0 Å². The first-order chi connectivity index (χ1) is 6.34. The van der Waals surface area contributed by atoms with Crippen LogP contribution >= 0.6 is 0 Å². The Kier molecular flexibility index (Phi) is 30.0. The molecule has 1 unspecified atom stereocenters. The number of hydrogen-bond acceptors (Lipinski definition) is 1. The SMILES string of the molecule is C.C.CC.CC.CCC(C)n1ccnc1. The van der Waals surface area contributed by atoms with Crippen molar-refractivity contribution in [3.63, 3.8) is 0 Å². The van der Waals surface area contributed by atoms with Crippen LogP contribution in [-0.4, -0.2) is 9.55 Å². The molecule has 0 radical (unpaired) electrons. The fourth-order valence-electron chi connectivity index (χ4n) is 0.741. The van der Waals surface area contributed by atoms with Crippen LogP contribution in [0.4, 0.5) is 0 Å². The fourth-order valence-corrected chi connectivity index (χ4v) is 0.741. The predicted octanol–water partition coefficient (Wildman–Crippen LogP) is 5.18. The van der Waals surface area contributed by atoms with E-state index in [0.717, 1.165) is 6.42 Å². The monoisotopic (exact) mass is 216 g/mol. The van der Waals surface area contributed by atoms with Gasteiger partial charge in [0.25, 0.3) is 0 Å². The van der Waals surface area contributed by atoms with Gasteiger partial charge in [-0.1, -0.05) is 49.5 Å². The molecule has 1 heterocycles. The van der Waals surface area contributed by atoms with Crippen LogP contribution in [0.1, 0.15) is 68.9 Å². The lowest BCUT2D eigenvalue weighted by Gasteiger charge is -2.07. The van der Waals surface area contributed by atoms with Gasteiger partial charge in [0.05, 0.1) is 6.33 Å². The van der Waals surface area contributed by atoms with E-state index in [1.165, 1.54) is 0 Å². The van der Waals surface area contributed by atoms with Crippen LogP contribution in [0.2, 0.25) is 0 Å². The Labute approximate surface area is 97.7 Å². The second-order valence-corrected chi connectivity index (χ2v) is 2.27. The summed E-state index contributed by atoms with van der Waals surface area (Å²) in [7, 11) is 0. The third kappa shape index (κ3) is 11.1. The highest BCUT2D eigenvalue weighted by molar-refractivity contribution is 4.77. The van der Waals surface area contributed by atoms with Gasteiger partial charge < -0.3 is 4.57 Å². The van der Waals surface area contributed by atoms with Crippen LogP contribution < -0.4 is 0 Å². The van der Waals surface area contributed by atoms with Gasteiger partial charge in [0.2, 0.25) is 0 Å². The molecule has 1 aromatic heterocycles. The number of hydrogen-bond donors (Lipinski definition) is 0. The lowest BCUT2D eigenvalue weighted by atomic mass is 10.3. The van der Waals surface area contributed by atoms with Gasteiger partial charge in [-0.15, -0.1) is 0 Å². The van der Waals surface area contributed by atoms with Crippen LogP contribution in [-0.2, 0) is 0 Å². The highest BCUT2D eigenvalue weighted by Gasteiger charge is 1.96. The lowest BCUT2D eigenvalue weighted by Crippen LogP contribution is -1.99. The van der Waals surface area contributed by atoms with Gasteiger partial charge >= 0.3 is 0 Å². The van der Waals surface area contributed by atoms with E-state index in [4.69, 9.17) is 0 Å². The normalized spacial score (nSPS) is 8.93. The molecule has 0 saturated heterocycles. The molecule has 0 amide bonds. The van der Waals surface area contributed by atoms with Gasteiger partial charge in [-0.05, 0) is 13.3 Å². The Morgan fingerprint density at radius 1 is 1.13 bits per heavy atom. The molecule has 1 atom stereocenters. The minimum Gasteiger partial charge on any atom is -0.335 e. The maximum atomic E-state index is 3.95. The van der Waals surface area contributed by atoms with E-state index in [9.17, 15) is 0 Å². The minimum absolute atomic E-state index is 0. The summed E-state index contributed by atoms with van der Waals surface area (Å²) in [6, 6.07) is 0.590. The first-order valence-electron chi connectivity index (χ1n) is 5.32. The van der Waals surface area contributed by atoms with Gasteiger partial charge in [-0.25, -0.2) is 4.98 Å². The van der Waals surface area contributed by atoms with Crippen molar-refractivity contribution < 1.29 is 0 Å². The molecule has 1 rings (SSSR count). The Morgan fingerprint density at radius 3 is 1.87 bits per heavy atom. The Balaban J connectivity index is -0.0000000910. The predicted molar refractivity (Wildman–Crippen MR) is 73.4 cm³/mol. The van der Waals surface area contributed by atoms with Crippen LogP contribution in [0.3, 0.4) is 0 Å². The number of imidazole rings is 1. The molecule has 0 spiro atoms. The van der Waals surface area contributed by atoms with E-state index in [0.29, 0.717) is 6.04 Å². The van der Waals surface area contributed by atoms with E-state index in [-0.39, 0.29) is 14.9 Å². The van der Waals surface area contributed by atoms with Gasteiger partial charge in [0.15, 0.2) is 0 Å². The summed E-state index contributed by atoms with van der Waals surface area (Å²) < 4.78 is 2.11. The highest BCUT2D eigenvalue weighted by atomic mass is 15.0. The van der Waals surface area contributed by atoms with Crippen LogP contribution in [0, 0.1) is 0 Å². The molecule has 0 aliphatic heterocycles. The molecule has 0 aliphatic rings. The molecule has 1 aromatic rings. The zero-order valence-electron chi connectivity index (χ0n) is 9.91. The van der Waals surface area contributed by atoms with Crippen molar-refractivity contribution in [3.8, 4) is 0 Å².